The van der Waals surface area contributed by atoms with Crippen molar-refractivity contribution in [1.29, 1.82) is 0 Å². The third kappa shape index (κ3) is 6.30. The summed E-state index contributed by atoms with van der Waals surface area (Å²) in [6.07, 6.45) is 1.66. The van der Waals surface area contributed by atoms with Gasteiger partial charge in [-0.15, -0.1) is 10.2 Å². The van der Waals surface area contributed by atoms with Gasteiger partial charge in [-0.1, -0.05) is 64.1 Å². The Bertz CT molecular complexity index is 1260. The van der Waals surface area contributed by atoms with Gasteiger partial charge in [0.2, 0.25) is 5.16 Å². The molecule has 0 radical (unpaired) electrons. The summed E-state index contributed by atoms with van der Waals surface area (Å²) in [6, 6.07) is 23.5. The summed E-state index contributed by atoms with van der Waals surface area (Å²) in [5, 5.41) is 13.1. The first kappa shape index (κ1) is 23.7. The van der Waals surface area contributed by atoms with Crippen LogP contribution < -0.4 is 20.7 Å². The smallest absolute Gasteiger partial charge is 0.264 e. The van der Waals surface area contributed by atoms with Crippen LogP contribution in [0.4, 0.5) is 5.95 Å². The second-order valence-electron chi connectivity index (χ2n) is 7.14. The normalized spacial score (nSPS) is 11.0. The number of rotatable bonds is 10. The van der Waals surface area contributed by atoms with Gasteiger partial charge in [-0.05, 0) is 47.5 Å². The van der Waals surface area contributed by atoms with Crippen LogP contribution in [0.1, 0.15) is 16.7 Å². The van der Waals surface area contributed by atoms with Crippen molar-refractivity contribution in [3.05, 3.63) is 94.0 Å². The second-order valence-corrected chi connectivity index (χ2v) is 9.00. The van der Waals surface area contributed by atoms with Crippen LogP contribution in [0.25, 0.3) is 0 Å². The predicted octanol–water partition coefficient (Wildman–Crippen LogP) is 5.08. The van der Waals surface area contributed by atoms with Crippen molar-refractivity contribution in [2.45, 2.75) is 17.5 Å². The highest BCUT2D eigenvalue weighted by molar-refractivity contribution is 9.10. The number of nitrogens with one attached hydrogen (secondary N) is 1. The molecule has 0 bridgehead atoms. The molecule has 0 unspecified atom stereocenters. The molecule has 34 heavy (non-hydrogen) atoms. The molecule has 1 aromatic heterocycles. The van der Waals surface area contributed by atoms with Crippen LogP contribution >= 0.6 is 27.7 Å². The summed E-state index contributed by atoms with van der Waals surface area (Å²) in [7, 11) is 1.65. The van der Waals surface area contributed by atoms with Gasteiger partial charge < -0.3 is 15.3 Å². The first-order valence-corrected chi connectivity index (χ1v) is 12.1. The SMILES string of the molecule is COc1ccc(CSc2nnc(N/N=C/c3ccccc3OCc3cccc(Br)c3)n2N)cc1. The van der Waals surface area contributed by atoms with E-state index in [1.165, 1.54) is 16.4 Å². The Labute approximate surface area is 210 Å². The number of methoxy groups -OCH3 is 1. The number of para-hydroxylation sites is 1. The van der Waals surface area contributed by atoms with Gasteiger partial charge in [0.15, 0.2) is 0 Å². The zero-order valence-corrected chi connectivity index (χ0v) is 20.8. The number of hydrazone groups is 1. The van der Waals surface area contributed by atoms with E-state index in [2.05, 4.69) is 36.7 Å². The van der Waals surface area contributed by atoms with Crippen molar-refractivity contribution in [1.82, 2.24) is 14.9 Å². The molecule has 8 nitrogen and oxygen atoms in total. The monoisotopic (exact) mass is 538 g/mol. The van der Waals surface area contributed by atoms with E-state index in [0.717, 1.165) is 32.7 Å². The molecule has 4 rings (SSSR count). The highest BCUT2D eigenvalue weighted by Gasteiger charge is 2.10. The number of ether oxygens (including phenoxy) is 2. The average molecular weight is 539 g/mol. The lowest BCUT2D eigenvalue weighted by Crippen LogP contribution is -2.13. The molecule has 1 heterocycles. The number of thioether (sulfide) groups is 1. The number of benzene rings is 3. The van der Waals surface area contributed by atoms with Crippen LogP contribution in [0.3, 0.4) is 0 Å². The lowest BCUT2D eigenvalue weighted by Gasteiger charge is -2.09. The zero-order chi connectivity index (χ0) is 23.8. The number of hydrogen-bond acceptors (Lipinski definition) is 8. The molecule has 0 spiro atoms. The molecule has 0 aliphatic rings. The second kappa shape index (κ2) is 11.6. The Morgan fingerprint density at radius 3 is 2.68 bits per heavy atom. The maximum absolute atomic E-state index is 6.13. The van der Waals surface area contributed by atoms with E-state index in [9.17, 15) is 0 Å². The Morgan fingerprint density at radius 1 is 1.06 bits per heavy atom. The van der Waals surface area contributed by atoms with E-state index in [0.29, 0.717) is 23.5 Å². The molecule has 10 heteroatoms. The number of nitrogens with two attached hydrogens (primary N) is 1. The van der Waals surface area contributed by atoms with Crippen molar-refractivity contribution >= 4 is 39.9 Å². The highest BCUT2D eigenvalue weighted by Crippen LogP contribution is 2.23. The number of nitrogen functional groups attached to an aromatic ring is 1. The van der Waals surface area contributed by atoms with E-state index in [4.69, 9.17) is 15.3 Å². The van der Waals surface area contributed by atoms with Gasteiger partial charge in [-0.25, -0.2) is 10.1 Å². The molecule has 0 fully saturated rings. The Morgan fingerprint density at radius 2 is 1.88 bits per heavy atom. The largest absolute Gasteiger partial charge is 0.497 e. The maximum Gasteiger partial charge on any atom is 0.264 e. The fourth-order valence-corrected chi connectivity index (χ4v) is 4.25. The lowest BCUT2D eigenvalue weighted by molar-refractivity contribution is 0.305. The van der Waals surface area contributed by atoms with E-state index in [1.54, 1.807) is 13.3 Å². The van der Waals surface area contributed by atoms with Gasteiger partial charge >= 0.3 is 0 Å². The Kier molecular flexibility index (Phi) is 8.05. The fourth-order valence-electron chi connectivity index (χ4n) is 2.99. The number of aromatic nitrogens is 3. The minimum atomic E-state index is 0.334. The molecular formula is C24H23BrN6O2S. The van der Waals surface area contributed by atoms with Crippen molar-refractivity contribution < 1.29 is 9.47 Å². The molecule has 0 aliphatic heterocycles. The zero-order valence-electron chi connectivity index (χ0n) is 18.4. The molecule has 0 amide bonds. The summed E-state index contributed by atoms with van der Waals surface area (Å²) >= 11 is 4.96. The Balaban J connectivity index is 1.35. The first-order chi connectivity index (χ1) is 16.6. The topological polar surface area (TPSA) is 99.6 Å². The molecule has 3 N–H and O–H groups in total. The highest BCUT2D eigenvalue weighted by atomic mass is 79.9. The fraction of sp³-hybridized carbons (Fsp3) is 0.125. The Hall–Kier alpha value is -3.50. The predicted molar refractivity (Wildman–Crippen MR) is 139 cm³/mol. The number of halogens is 1. The average Bonchev–Trinajstić information content (AvgIpc) is 3.21. The summed E-state index contributed by atoms with van der Waals surface area (Å²) in [5.41, 5.74) is 5.86. The van der Waals surface area contributed by atoms with Crippen molar-refractivity contribution in [3.63, 3.8) is 0 Å². The van der Waals surface area contributed by atoms with Crippen LogP contribution in [-0.4, -0.2) is 28.2 Å². The first-order valence-electron chi connectivity index (χ1n) is 10.3. The number of hydrogen-bond donors (Lipinski definition) is 2. The molecule has 0 atom stereocenters. The summed E-state index contributed by atoms with van der Waals surface area (Å²) in [6.45, 7) is 0.448. The van der Waals surface area contributed by atoms with Crippen LogP contribution in [-0.2, 0) is 12.4 Å². The van der Waals surface area contributed by atoms with Crippen molar-refractivity contribution in [2.24, 2.45) is 5.10 Å². The van der Waals surface area contributed by atoms with Gasteiger partial charge in [-0.2, -0.15) is 5.10 Å². The third-order valence-corrected chi connectivity index (χ3v) is 6.27. The van der Waals surface area contributed by atoms with E-state index >= 15 is 0 Å². The molecule has 0 saturated heterocycles. The van der Waals surface area contributed by atoms with Gasteiger partial charge in [0.1, 0.15) is 18.1 Å². The third-order valence-electron chi connectivity index (χ3n) is 4.76. The van der Waals surface area contributed by atoms with Crippen LogP contribution in [0, 0.1) is 0 Å². The molecule has 4 aromatic rings. The lowest BCUT2D eigenvalue weighted by atomic mass is 10.2. The van der Waals surface area contributed by atoms with Crippen LogP contribution in [0.15, 0.2) is 87.5 Å². The summed E-state index contributed by atoms with van der Waals surface area (Å²) < 4.78 is 13.6. The number of anilines is 1. The molecule has 0 aliphatic carbocycles. The van der Waals surface area contributed by atoms with Crippen LogP contribution in [0.5, 0.6) is 11.5 Å². The summed E-state index contributed by atoms with van der Waals surface area (Å²) in [4.78, 5) is 0. The van der Waals surface area contributed by atoms with Gasteiger partial charge in [0.25, 0.3) is 5.95 Å². The quantitative estimate of drug-likeness (QED) is 0.126. The van der Waals surface area contributed by atoms with E-state index in [1.807, 2.05) is 72.8 Å². The minimum absolute atomic E-state index is 0.334. The standard InChI is InChI=1S/C24H23BrN6O2S/c1-32-21-11-9-17(10-12-21)16-34-24-30-29-23(31(24)26)28-27-14-19-6-2-3-8-22(19)33-15-18-5-4-7-20(25)13-18/h2-14H,15-16,26H2,1H3,(H,28,29)/b27-14+. The summed E-state index contributed by atoms with van der Waals surface area (Å²) in [5.74, 6) is 8.71. The maximum atomic E-state index is 6.13. The van der Waals surface area contributed by atoms with Gasteiger partial charge in [0, 0.05) is 15.8 Å². The molecule has 174 valence electrons. The molecule has 0 saturated carbocycles. The van der Waals surface area contributed by atoms with Gasteiger partial charge in [0.05, 0.1) is 13.3 Å². The van der Waals surface area contributed by atoms with Crippen molar-refractivity contribution in [3.8, 4) is 11.5 Å². The molecular weight excluding hydrogens is 516 g/mol. The van der Waals surface area contributed by atoms with Gasteiger partial charge in [-0.3, -0.25) is 0 Å². The van der Waals surface area contributed by atoms with E-state index in [-0.39, 0.29) is 0 Å². The van der Waals surface area contributed by atoms with Crippen LogP contribution in [0.2, 0.25) is 0 Å². The molecule has 3 aromatic carbocycles. The van der Waals surface area contributed by atoms with Crippen molar-refractivity contribution in [2.75, 3.05) is 18.4 Å². The minimum Gasteiger partial charge on any atom is -0.497 e. The van der Waals surface area contributed by atoms with E-state index < -0.39 is 0 Å². The number of nitrogens with zero attached hydrogens (tertiary/aromatic N) is 4.